The number of hydrogen-bond donors (Lipinski definition) is 0. The van der Waals surface area contributed by atoms with Gasteiger partial charge in [0.1, 0.15) is 12.4 Å². The van der Waals surface area contributed by atoms with Gasteiger partial charge in [0.2, 0.25) is 0 Å². The summed E-state index contributed by atoms with van der Waals surface area (Å²) >= 11 is 0. The highest BCUT2D eigenvalue weighted by Gasteiger charge is 2.35. The second-order valence-corrected chi connectivity index (χ2v) is 4.45. The van der Waals surface area contributed by atoms with Crippen molar-refractivity contribution < 1.29 is 27.4 Å². The van der Waals surface area contributed by atoms with Gasteiger partial charge in [-0.25, -0.2) is 4.79 Å². The van der Waals surface area contributed by atoms with Gasteiger partial charge in [-0.15, -0.1) is 0 Å². The molecule has 0 aliphatic heterocycles. The molecule has 0 saturated carbocycles. The van der Waals surface area contributed by atoms with Crippen LogP contribution in [0.1, 0.15) is 5.56 Å². The van der Waals surface area contributed by atoms with Crippen LogP contribution in [-0.2, 0) is 15.7 Å². The minimum Gasteiger partial charge on any atom is -0.424 e. The molecule has 22 heavy (non-hydrogen) atoms. The summed E-state index contributed by atoms with van der Waals surface area (Å²) in [6.45, 7) is -0.343. The predicted octanol–water partition coefficient (Wildman–Crippen LogP) is 3.92. The van der Waals surface area contributed by atoms with Gasteiger partial charge in [0, 0.05) is 12.7 Å². The lowest BCUT2D eigenvalue weighted by Crippen LogP contribution is -2.16. The summed E-state index contributed by atoms with van der Waals surface area (Å²) < 4.78 is 49.3. The molecule has 0 N–H and O–H groups in total. The van der Waals surface area contributed by atoms with Crippen LogP contribution in [0.3, 0.4) is 0 Å². The molecule has 0 radical (unpaired) electrons. The van der Waals surface area contributed by atoms with Gasteiger partial charge in [-0.3, -0.25) is 0 Å². The molecule has 2 rings (SSSR count). The highest BCUT2D eigenvalue weighted by Crippen LogP contribution is 2.42. The van der Waals surface area contributed by atoms with Crippen molar-refractivity contribution in [2.45, 2.75) is 6.18 Å². The van der Waals surface area contributed by atoms with Crippen molar-refractivity contribution in [3.63, 3.8) is 0 Å². The second kappa shape index (κ2) is 6.62. The van der Waals surface area contributed by atoms with Crippen LogP contribution in [0.25, 0.3) is 11.1 Å². The van der Waals surface area contributed by atoms with E-state index >= 15 is 0 Å². The van der Waals surface area contributed by atoms with Crippen LogP contribution in [0, 0.1) is 0 Å². The molecule has 0 heterocycles. The molecule has 0 unspecified atom stereocenters. The van der Waals surface area contributed by atoms with E-state index in [0.29, 0.717) is 5.56 Å². The maximum Gasteiger partial charge on any atom is 0.417 e. The number of methoxy groups -OCH3 is 1. The van der Waals surface area contributed by atoms with Gasteiger partial charge in [-0.2, -0.15) is 13.2 Å². The zero-order chi connectivity index (χ0) is 16.2. The fourth-order valence-electron chi connectivity index (χ4n) is 2.02. The van der Waals surface area contributed by atoms with E-state index in [9.17, 15) is 18.0 Å². The zero-order valence-electron chi connectivity index (χ0n) is 11.7. The topological polar surface area (TPSA) is 35.5 Å². The van der Waals surface area contributed by atoms with Gasteiger partial charge in [-0.05, 0) is 17.7 Å². The zero-order valence-corrected chi connectivity index (χ0v) is 11.7. The van der Waals surface area contributed by atoms with E-state index in [-0.39, 0.29) is 17.9 Å². The van der Waals surface area contributed by atoms with Crippen LogP contribution in [0.4, 0.5) is 13.2 Å². The molecule has 0 amide bonds. The van der Waals surface area contributed by atoms with E-state index in [1.807, 2.05) is 0 Å². The maximum atomic E-state index is 13.2. The van der Waals surface area contributed by atoms with Crippen LogP contribution >= 0.6 is 0 Å². The summed E-state index contributed by atoms with van der Waals surface area (Å²) in [4.78, 5) is 11.5. The Morgan fingerprint density at radius 1 is 1.05 bits per heavy atom. The second-order valence-electron chi connectivity index (χ2n) is 4.45. The number of ether oxygens (including phenoxy) is 2. The highest BCUT2D eigenvalue weighted by molar-refractivity contribution is 5.80. The molecule has 0 aliphatic carbocycles. The molecule has 0 aliphatic rings. The largest absolute Gasteiger partial charge is 0.424 e. The maximum absolute atomic E-state index is 13.2. The molecule has 0 bridgehead atoms. The van der Waals surface area contributed by atoms with Gasteiger partial charge in [0.25, 0.3) is 0 Å². The summed E-state index contributed by atoms with van der Waals surface area (Å²) in [5, 5.41) is 0. The molecule has 0 atom stereocenters. The summed E-state index contributed by atoms with van der Waals surface area (Å²) in [5.41, 5.74) is -0.711. The Morgan fingerprint density at radius 3 is 2.32 bits per heavy atom. The number of carbonyl (C=O) groups is 1. The molecule has 6 heteroatoms. The average Bonchev–Trinajstić information content (AvgIpc) is 2.47. The Hall–Kier alpha value is -2.34. The molecule has 0 fully saturated rings. The van der Waals surface area contributed by atoms with Crippen molar-refractivity contribution in [3.05, 3.63) is 54.1 Å². The number of rotatable bonds is 4. The number of hydrogen-bond acceptors (Lipinski definition) is 3. The Labute approximate surface area is 125 Å². The molecule has 3 nitrogen and oxygen atoms in total. The average molecular weight is 310 g/mol. The molecule has 2 aromatic rings. The molecule has 116 valence electrons. The lowest BCUT2D eigenvalue weighted by Gasteiger charge is -2.16. The van der Waals surface area contributed by atoms with E-state index in [2.05, 4.69) is 4.74 Å². The predicted molar refractivity (Wildman–Crippen MR) is 74.4 cm³/mol. The van der Waals surface area contributed by atoms with Crippen molar-refractivity contribution >= 4 is 5.97 Å². The van der Waals surface area contributed by atoms with Crippen molar-refractivity contribution in [1.29, 1.82) is 0 Å². The summed E-state index contributed by atoms with van der Waals surface area (Å²) in [6, 6.07) is 11.4. The first-order chi connectivity index (χ1) is 10.4. The van der Waals surface area contributed by atoms with Gasteiger partial charge < -0.3 is 9.47 Å². The fourth-order valence-corrected chi connectivity index (χ4v) is 2.02. The lowest BCUT2D eigenvalue weighted by molar-refractivity contribution is -0.140. The Bertz CT molecular complexity index is 651. The standard InChI is InChI=1S/C16H13F3O3/c1-21-10-14(20)22-13-9-5-8-12(16(17,18)19)15(13)11-6-3-2-4-7-11/h2-9H,10H2,1H3. The van der Waals surface area contributed by atoms with Crippen LogP contribution in [0.2, 0.25) is 0 Å². The van der Waals surface area contributed by atoms with E-state index in [0.717, 1.165) is 6.07 Å². The SMILES string of the molecule is COCC(=O)Oc1cccc(C(F)(F)F)c1-c1ccccc1. The van der Waals surface area contributed by atoms with Gasteiger partial charge in [-0.1, -0.05) is 36.4 Å². The number of esters is 1. The normalized spacial score (nSPS) is 11.3. The van der Waals surface area contributed by atoms with Crippen LogP contribution < -0.4 is 4.74 Å². The first-order valence-electron chi connectivity index (χ1n) is 6.38. The third kappa shape index (κ3) is 3.65. The number of benzene rings is 2. The van der Waals surface area contributed by atoms with Gasteiger partial charge >= 0.3 is 12.1 Å². The van der Waals surface area contributed by atoms with Gasteiger partial charge in [0.15, 0.2) is 0 Å². The minimum absolute atomic E-state index is 0.150. The first kappa shape index (κ1) is 16.0. The molecule has 0 aromatic heterocycles. The van der Waals surface area contributed by atoms with Crippen molar-refractivity contribution in [1.82, 2.24) is 0 Å². The lowest BCUT2D eigenvalue weighted by atomic mass is 9.98. The number of halogens is 3. The van der Waals surface area contributed by atoms with Crippen LogP contribution in [0.15, 0.2) is 48.5 Å². The van der Waals surface area contributed by atoms with E-state index in [4.69, 9.17) is 4.74 Å². The van der Waals surface area contributed by atoms with E-state index in [1.54, 1.807) is 18.2 Å². The Morgan fingerprint density at radius 2 is 1.73 bits per heavy atom. The van der Waals surface area contributed by atoms with Crippen LogP contribution in [-0.4, -0.2) is 19.7 Å². The summed E-state index contributed by atoms with van der Waals surface area (Å²) in [7, 11) is 1.30. The van der Waals surface area contributed by atoms with Crippen molar-refractivity contribution in [3.8, 4) is 16.9 Å². The monoisotopic (exact) mass is 310 g/mol. The van der Waals surface area contributed by atoms with Gasteiger partial charge in [0.05, 0.1) is 5.56 Å². The van der Waals surface area contributed by atoms with Crippen LogP contribution in [0.5, 0.6) is 5.75 Å². The molecular weight excluding hydrogens is 297 g/mol. The van der Waals surface area contributed by atoms with Crippen molar-refractivity contribution in [2.24, 2.45) is 0 Å². The van der Waals surface area contributed by atoms with E-state index in [1.165, 1.54) is 31.4 Å². The first-order valence-corrected chi connectivity index (χ1v) is 6.38. The molecule has 0 saturated heterocycles. The molecular formula is C16H13F3O3. The number of carbonyl (C=O) groups excluding carboxylic acids is 1. The Kier molecular flexibility index (Phi) is 4.82. The third-order valence-electron chi connectivity index (χ3n) is 2.88. The molecule has 0 spiro atoms. The Balaban J connectivity index is 2.57. The summed E-state index contributed by atoms with van der Waals surface area (Å²) in [6.07, 6.45) is -4.56. The quantitative estimate of drug-likeness (QED) is 0.634. The summed E-state index contributed by atoms with van der Waals surface area (Å²) in [5.74, 6) is -0.915. The van der Waals surface area contributed by atoms with Crippen molar-refractivity contribution in [2.75, 3.05) is 13.7 Å². The number of alkyl halides is 3. The third-order valence-corrected chi connectivity index (χ3v) is 2.88. The van der Waals surface area contributed by atoms with E-state index < -0.39 is 17.7 Å². The smallest absolute Gasteiger partial charge is 0.417 e. The fraction of sp³-hybridized carbons (Fsp3) is 0.188. The highest BCUT2D eigenvalue weighted by atomic mass is 19.4. The molecule has 2 aromatic carbocycles. The minimum atomic E-state index is -4.56.